The highest BCUT2D eigenvalue weighted by Gasteiger charge is 2.60. The molecule has 2 saturated heterocycles. The van der Waals surface area contributed by atoms with Crippen LogP contribution in [0.25, 0.3) is 0 Å². The second-order valence-electron chi connectivity index (χ2n) is 9.29. The highest BCUT2D eigenvalue weighted by atomic mass is 35.5. The van der Waals surface area contributed by atoms with E-state index in [0.29, 0.717) is 17.4 Å². The van der Waals surface area contributed by atoms with Crippen LogP contribution >= 0.6 is 23.2 Å². The first-order valence-corrected chi connectivity index (χ1v) is 12.1. The van der Waals surface area contributed by atoms with Crippen LogP contribution in [0, 0.1) is 5.92 Å². The number of hydrogen-bond acceptors (Lipinski definition) is 5. The molecule has 0 aliphatic carbocycles. The van der Waals surface area contributed by atoms with Crippen LogP contribution in [0.15, 0.2) is 42.5 Å². The minimum atomic E-state index is -0.595. The summed E-state index contributed by atoms with van der Waals surface area (Å²) in [5, 5.41) is 6.22. The maximum Gasteiger partial charge on any atom is 0.481 e. The highest BCUT2D eigenvalue weighted by Crippen LogP contribution is 2.55. The zero-order valence-electron chi connectivity index (χ0n) is 18.8. The number of ether oxygens (including phenoxy) is 1. The van der Waals surface area contributed by atoms with Crippen molar-refractivity contribution in [3.05, 3.63) is 69.2 Å². The van der Waals surface area contributed by atoms with Crippen LogP contribution in [0.3, 0.4) is 0 Å². The zero-order chi connectivity index (χ0) is 24.0. The lowest BCUT2D eigenvalue weighted by atomic mass is 9.74. The second-order valence-corrected chi connectivity index (χ2v) is 10.1. The molecule has 2 N–H and O–H groups in total. The van der Waals surface area contributed by atoms with Gasteiger partial charge in [0.15, 0.2) is 0 Å². The van der Waals surface area contributed by atoms with Gasteiger partial charge in [0.1, 0.15) is 24.4 Å². The van der Waals surface area contributed by atoms with Crippen molar-refractivity contribution in [3.8, 4) is 0 Å². The van der Waals surface area contributed by atoms with Crippen molar-refractivity contribution in [2.24, 2.45) is 5.92 Å². The molecule has 3 aliphatic rings. The van der Waals surface area contributed by atoms with Gasteiger partial charge < -0.3 is 24.7 Å². The molecule has 2 bridgehead atoms. The summed E-state index contributed by atoms with van der Waals surface area (Å²) < 4.78 is 18.7. The molecule has 2 aromatic rings. The Morgan fingerprint density at radius 2 is 1.68 bits per heavy atom. The zero-order valence-corrected chi connectivity index (χ0v) is 20.3. The summed E-state index contributed by atoms with van der Waals surface area (Å²) in [5.41, 5.74) is 2.50. The average molecular weight is 503 g/mol. The van der Waals surface area contributed by atoms with Gasteiger partial charge in [0.05, 0.1) is 23.1 Å². The number of amides is 2. The van der Waals surface area contributed by atoms with Crippen molar-refractivity contribution in [2.75, 3.05) is 6.54 Å². The van der Waals surface area contributed by atoms with Crippen molar-refractivity contribution in [2.45, 2.75) is 50.6 Å². The molecule has 0 spiro atoms. The molecule has 5 atom stereocenters. The van der Waals surface area contributed by atoms with Gasteiger partial charge in [-0.1, -0.05) is 61.3 Å². The summed E-state index contributed by atoms with van der Waals surface area (Å²) in [6.45, 7) is 3.93. The molecule has 178 valence electrons. The third-order valence-corrected chi connectivity index (χ3v) is 6.95. The molecule has 3 heterocycles. The monoisotopic (exact) mass is 502 g/mol. The number of fused-ring (bicyclic) bond motifs is 8. The number of halogens is 2. The fourth-order valence-electron chi connectivity index (χ4n) is 4.95. The number of carbonyl (C=O) groups excluding carboxylic acids is 2. The maximum atomic E-state index is 12.7. The highest BCUT2D eigenvalue weighted by molar-refractivity contribution is 6.47. The fraction of sp³-hybridized carbons (Fsp3) is 0.417. The van der Waals surface area contributed by atoms with Crippen molar-refractivity contribution >= 4 is 42.1 Å². The first kappa shape index (κ1) is 23.6. The lowest BCUT2D eigenvalue weighted by molar-refractivity contribution is -0.120. The molecule has 4 unspecified atom stereocenters. The Balaban J connectivity index is 1.22. The normalized spacial score (nSPS) is 25.3. The molecule has 2 fully saturated rings. The molecule has 5 rings (SSSR count). The molecular weight excluding hydrogens is 478 g/mol. The summed E-state index contributed by atoms with van der Waals surface area (Å²) >= 11 is 12.0. The average Bonchev–Trinajstić information content (AvgIpc) is 3.49. The molecule has 2 aromatic carbocycles. The quantitative estimate of drug-likeness (QED) is 0.561. The van der Waals surface area contributed by atoms with Crippen LogP contribution in [-0.4, -0.2) is 43.6 Å². The number of benzene rings is 2. The standard InChI is InChI=1S/C24H25BCl2N2O5/c1-12(2)9-18(29-19(30)11-28-24(31)16-10-13(26)7-8-17(16)27)25-33-22-20-14-5-3-4-6-15(14)21(32-20)23(22)34-25/h3-8,10,12,18,20-23H,9,11H2,1-2H3,(H,28,31)(H,29,30)/t18-,20?,21?,22?,23?/m0/s1. The van der Waals surface area contributed by atoms with E-state index in [-0.39, 0.29) is 53.4 Å². The number of rotatable bonds is 7. The summed E-state index contributed by atoms with van der Waals surface area (Å²) in [6, 6.07) is 12.7. The predicted molar refractivity (Wildman–Crippen MR) is 129 cm³/mol. The maximum absolute atomic E-state index is 12.7. The Kier molecular flexibility index (Phi) is 6.61. The van der Waals surface area contributed by atoms with Gasteiger partial charge in [0, 0.05) is 5.02 Å². The third-order valence-electron chi connectivity index (χ3n) is 6.39. The van der Waals surface area contributed by atoms with Gasteiger partial charge in [0.25, 0.3) is 5.91 Å². The van der Waals surface area contributed by atoms with Crippen molar-refractivity contribution < 1.29 is 23.6 Å². The first-order chi connectivity index (χ1) is 16.3. The Bertz CT molecular complexity index is 1080. The van der Waals surface area contributed by atoms with E-state index in [9.17, 15) is 9.59 Å². The van der Waals surface area contributed by atoms with E-state index >= 15 is 0 Å². The topological polar surface area (TPSA) is 85.9 Å². The summed E-state index contributed by atoms with van der Waals surface area (Å²) in [7, 11) is -0.595. The van der Waals surface area contributed by atoms with E-state index < -0.39 is 13.0 Å². The van der Waals surface area contributed by atoms with E-state index in [1.807, 2.05) is 12.1 Å². The third kappa shape index (κ3) is 4.45. The van der Waals surface area contributed by atoms with Gasteiger partial charge in [-0.05, 0) is 41.7 Å². The molecule has 34 heavy (non-hydrogen) atoms. The lowest BCUT2D eigenvalue weighted by Crippen LogP contribution is -2.51. The smallest absolute Gasteiger partial charge is 0.401 e. The van der Waals surface area contributed by atoms with Gasteiger partial charge >= 0.3 is 7.12 Å². The van der Waals surface area contributed by atoms with Crippen molar-refractivity contribution in [1.82, 2.24) is 10.6 Å². The minimum Gasteiger partial charge on any atom is -0.401 e. The van der Waals surface area contributed by atoms with Crippen LogP contribution in [0.5, 0.6) is 0 Å². The Morgan fingerprint density at radius 3 is 2.29 bits per heavy atom. The number of nitrogens with one attached hydrogen (secondary N) is 2. The number of carbonyl (C=O) groups is 2. The van der Waals surface area contributed by atoms with Crippen LogP contribution in [0.4, 0.5) is 0 Å². The number of hydrogen-bond donors (Lipinski definition) is 2. The van der Waals surface area contributed by atoms with Crippen molar-refractivity contribution in [1.29, 1.82) is 0 Å². The summed E-state index contributed by atoms with van der Waals surface area (Å²) in [5.74, 6) is -0.892. The molecule has 0 saturated carbocycles. The molecule has 0 radical (unpaired) electrons. The van der Waals surface area contributed by atoms with Crippen LogP contribution < -0.4 is 10.6 Å². The Hall–Kier alpha value is -2.10. The predicted octanol–water partition coefficient (Wildman–Crippen LogP) is 3.89. The molecule has 7 nitrogen and oxygen atoms in total. The van der Waals surface area contributed by atoms with Gasteiger partial charge in [-0.15, -0.1) is 0 Å². The lowest BCUT2D eigenvalue weighted by Gasteiger charge is -2.23. The minimum absolute atomic E-state index is 0.159. The van der Waals surface area contributed by atoms with E-state index in [4.69, 9.17) is 37.2 Å². The molecule has 10 heteroatoms. The molecule has 3 aliphatic heterocycles. The van der Waals surface area contributed by atoms with Crippen molar-refractivity contribution in [3.63, 3.8) is 0 Å². The summed E-state index contributed by atoms with van der Waals surface area (Å²) in [6.07, 6.45) is -0.0727. The fourth-order valence-corrected chi connectivity index (χ4v) is 5.32. The van der Waals surface area contributed by atoms with Gasteiger partial charge in [-0.2, -0.15) is 0 Å². The summed E-state index contributed by atoms with van der Waals surface area (Å²) in [4.78, 5) is 25.2. The van der Waals surface area contributed by atoms with E-state index in [2.05, 4.69) is 36.6 Å². The van der Waals surface area contributed by atoms with Gasteiger partial charge in [-0.3, -0.25) is 9.59 Å². The molecular formula is C24H25BCl2N2O5. The molecule has 2 amide bonds. The van der Waals surface area contributed by atoms with E-state index in [0.717, 1.165) is 11.1 Å². The largest absolute Gasteiger partial charge is 0.481 e. The van der Waals surface area contributed by atoms with Gasteiger partial charge in [-0.25, -0.2) is 0 Å². The van der Waals surface area contributed by atoms with Crippen LogP contribution in [0.2, 0.25) is 10.0 Å². The molecule has 0 aromatic heterocycles. The first-order valence-electron chi connectivity index (χ1n) is 11.4. The van der Waals surface area contributed by atoms with E-state index in [1.54, 1.807) is 6.07 Å². The second kappa shape index (κ2) is 9.51. The Labute approximate surface area is 208 Å². The van der Waals surface area contributed by atoms with Gasteiger partial charge in [0.2, 0.25) is 5.91 Å². The van der Waals surface area contributed by atoms with Crippen LogP contribution in [0.1, 0.15) is 54.0 Å². The SMILES string of the molecule is CC(C)C[C@H](NC(=O)CNC(=O)c1cc(Cl)ccc1Cl)B1OC2C3OC(c4ccccc43)C2O1. The Morgan fingerprint density at radius 1 is 1.03 bits per heavy atom. The van der Waals surface area contributed by atoms with Crippen LogP contribution in [-0.2, 0) is 18.8 Å². The van der Waals surface area contributed by atoms with E-state index in [1.165, 1.54) is 12.1 Å².